The molecule has 3 nitrogen and oxygen atoms in total. The summed E-state index contributed by atoms with van der Waals surface area (Å²) in [7, 11) is 0. The maximum Gasteiger partial charge on any atom is 0.224 e. The van der Waals surface area contributed by atoms with Gasteiger partial charge in [0.2, 0.25) is 5.91 Å². The molecule has 1 saturated heterocycles. The summed E-state index contributed by atoms with van der Waals surface area (Å²) in [6.45, 7) is 3.12. The summed E-state index contributed by atoms with van der Waals surface area (Å²) >= 11 is 6.04. The summed E-state index contributed by atoms with van der Waals surface area (Å²) in [6, 6.07) is 8.25. The van der Waals surface area contributed by atoms with E-state index in [9.17, 15) is 4.79 Å². The van der Waals surface area contributed by atoms with Crippen molar-refractivity contribution in [2.24, 2.45) is 0 Å². The molecule has 2 rings (SSSR count). The molecule has 1 aromatic rings. The van der Waals surface area contributed by atoms with Gasteiger partial charge in [-0.25, -0.2) is 0 Å². The van der Waals surface area contributed by atoms with Crippen LogP contribution in [0.5, 0.6) is 0 Å². The second kappa shape index (κ2) is 6.21. The normalized spacial score (nSPS) is 23.7. The highest BCUT2D eigenvalue weighted by molar-refractivity contribution is 6.31. The van der Waals surface area contributed by atoms with Gasteiger partial charge in [-0.15, -0.1) is 0 Å². The Bertz CT molecular complexity index is 422. The molecule has 1 fully saturated rings. The molecule has 0 aliphatic carbocycles. The van der Waals surface area contributed by atoms with Crippen LogP contribution in [-0.4, -0.2) is 24.5 Å². The van der Waals surface area contributed by atoms with Gasteiger partial charge in [0.15, 0.2) is 0 Å². The number of carbonyl (C=O) groups is 1. The minimum atomic E-state index is 0.0576. The maximum atomic E-state index is 11.9. The Morgan fingerprint density at radius 3 is 3.00 bits per heavy atom. The molecule has 4 heteroatoms. The highest BCUT2D eigenvalue weighted by atomic mass is 35.5. The molecule has 0 saturated carbocycles. The number of carbonyl (C=O) groups excluding carboxylic acids is 1. The van der Waals surface area contributed by atoms with Gasteiger partial charge < -0.3 is 10.6 Å². The molecule has 1 amide bonds. The van der Waals surface area contributed by atoms with Crippen LogP contribution in [-0.2, 0) is 11.2 Å². The van der Waals surface area contributed by atoms with Gasteiger partial charge in [0.25, 0.3) is 0 Å². The number of benzene rings is 1. The SMILES string of the molecule is CC1CC(NC(=O)Cc2ccccc2Cl)CCN1. The Morgan fingerprint density at radius 2 is 2.28 bits per heavy atom. The number of amides is 1. The van der Waals surface area contributed by atoms with E-state index in [1.54, 1.807) is 0 Å². The molecular formula is C14H19ClN2O. The lowest BCUT2D eigenvalue weighted by Gasteiger charge is -2.28. The third-order valence-corrected chi connectivity index (χ3v) is 3.67. The number of piperidine rings is 1. The lowest BCUT2D eigenvalue weighted by atomic mass is 10.0. The zero-order chi connectivity index (χ0) is 13.0. The first-order valence-corrected chi connectivity index (χ1v) is 6.79. The van der Waals surface area contributed by atoms with Crippen LogP contribution in [0.3, 0.4) is 0 Å². The molecule has 1 heterocycles. The van der Waals surface area contributed by atoms with Crippen LogP contribution >= 0.6 is 11.6 Å². The second-order valence-corrected chi connectivity index (χ2v) is 5.32. The average Bonchev–Trinajstić information content (AvgIpc) is 2.32. The van der Waals surface area contributed by atoms with Gasteiger partial charge in [0.05, 0.1) is 6.42 Å². The Balaban J connectivity index is 1.87. The third-order valence-electron chi connectivity index (χ3n) is 3.30. The van der Waals surface area contributed by atoms with Gasteiger partial charge in [-0.05, 0) is 37.9 Å². The maximum absolute atomic E-state index is 11.9. The highest BCUT2D eigenvalue weighted by Crippen LogP contribution is 2.16. The van der Waals surface area contributed by atoms with E-state index in [0.29, 0.717) is 17.5 Å². The van der Waals surface area contributed by atoms with E-state index in [1.807, 2.05) is 24.3 Å². The molecule has 1 aromatic carbocycles. The monoisotopic (exact) mass is 266 g/mol. The van der Waals surface area contributed by atoms with E-state index in [2.05, 4.69) is 17.6 Å². The molecular weight excluding hydrogens is 248 g/mol. The Kier molecular flexibility index (Phi) is 4.61. The van der Waals surface area contributed by atoms with Gasteiger partial charge in [-0.3, -0.25) is 4.79 Å². The number of hydrogen-bond acceptors (Lipinski definition) is 2. The van der Waals surface area contributed by atoms with Crippen molar-refractivity contribution in [1.29, 1.82) is 0 Å². The van der Waals surface area contributed by atoms with Crippen molar-refractivity contribution in [3.63, 3.8) is 0 Å². The van der Waals surface area contributed by atoms with Crippen molar-refractivity contribution in [2.75, 3.05) is 6.54 Å². The van der Waals surface area contributed by atoms with Gasteiger partial charge >= 0.3 is 0 Å². The fourth-order valence-corrected chi connectivity index (χ4v) is 2.56. The Hall–Kier alpha value is -1.06. The van der Waals surface area contributed by atoms with E-state index in [-0.39, 0.29) is 11.9 Å². The average molecular weight is 267 g/mol. The van der Waals surface area contributed by atoms with E-state index in [4.69, 9.17) is 11.6 Å². The van der Waals surface area contributed by atoms with Gasteiger partial charge in [0.1, 0.15) is 0 Å². The molecule has 2 unspecified atom stereocenters. The molecule has 1 aliphatic rings. The number of rotatable bonds is 3. The molecule has 0 radical (unpaired) electrons. The van der Waals surface area contributed by atoms with Gasteiger partial charge in [-0.1, -0.05) is 29.8 Å². The summed E-state index contributed by atoms with van der Waals surface area (Å²) in [5.74, 6) is 0.0576. The lowest BCUT2D eigenvalue weighted by Crippen LogP contribution is -2.46. The van der Waals surface area contributed by atoms with Crippen molar-refractivity contribution < 1.29 is 4.79 Å². The Labute approximate surface area is 113 Å². The summed E-state index contributed by atoms with van der Waals surface area (Å²) in [6.07, 6.45) is 2.35. The minimum Gasteiger partial charge on any atom is -0.353 e. The Morgan fingerprint density at radius 1 is 1.50 bits per heavy atom. The molecule has 0 bridgehead atoms. The van der Waals surface area contributed by atoms with E-state index < -0.39 is 0 Å². The summed E-state index contributed by atoms with van der Waals surface area (Å²) in [5, 5.41) is 7.12. The van der Waals surface area contributed by atoms with Crippen molar-refractivity contribution >= 4 is 17.5 Å². The van der Waals surface area contributed by atoms with Crippen molar-refractivity contribution in [3.05, 3.63) is 34.9 Å². The number of halogens is 1. The zero-order valence-corrected chi connectivity index (χ0v) is 11.3. The minimum absolute atomic E-state index is 0.0576. The standard InChI is InChI=1S/C14H19ClN2O/c1-10-8-12(6-7-16-10)17-14(18)9-11-4-2-3-5-13(11)15/h2-5,10,12,16H,6-9H2,1H3,(H,17,18). The van der Waals surface area contributed by atoms with Crippen LogP contribution in [0.4, 0.5) is 0 Å². The topological polar surface area (TPSA) is 41.1 Å². The van der Waals surface area contributed by atoms with E-state index in [0.717, 1.165) is 24.9 Å². The summed E-state index contributed by atoms with van der Waals surface area (Å²) in [4.78, 5) is 11.9. The van der Waals surface area contributed by atoms with Crippen LogP contribution in [0.25, 0.3) is 0 Å². The molecule has 18 heavy (non-hydrogen) atoms. The number of hydrogen-bond donors (Lipinski definition) is 2. The molecule has 0 spiro atoms. The predicted octanol–water partition coefficient (Wildman–Crippen LogP) is 2.14. The van der Waals surface area contributed by atoms with E-state index in [1.165, 1.54) is 0 Å². The first kappa shape index (κ1) is 13.4. The molecule has 1 aliphatic heterocycles. The quantitative estimate of drug-likeness (QED) is 0.880. The summed E-state index contributed by atoms with van der Waals surface area (Å²) < 4.78 is 0. The first-order chi connectivity index (χ1) is 8.65. The van der Waals surface area contributed by atoms with Gasteiger partial charge in [0, 0.05) is 17.1 Å². The van der Waals surface area contributed by atoms with E-state index >= 15 is 0 Å². The fourth-order valence-electron chi connectivity index (χ4n) is 2.36. The largest absolute Gasteiger partial charge is 0.353 e. The van der Waals surface area contributed by atoms with Crippen LogP contribution in [0, 0.1) is 0 Å². The predicted molar refractivity (Wildman–Crippen MR) is 73.8 cm³/mol. The van der Waals surface area contributed by atoms with Crippen molar-refractivity contribution in [2.45, 2.75) is 38.3 Å². The molecule has 98 valence electrons. The van der Waals surface area contributed by atoms with Crippen molar-refractivity contribution in [1.82, 2.24) is 10.6 Å². The first-order valence-electron chi connectivity index (χ1n) is 6.41. The third kappa shape index (κ3) is 3.72. The van der Waals surface area contributed by atoms with Crippen LogP contribution < -0.4 is 10.6 Å². The summed E-state index contributed by atoms with van der Waals surface area (Å²) in [5.41, 5.74) is 0.888. The molecule has 2 N–H and O–H groups in total. The smallest absolute Gasteiger partial charge is 0.224 e. The molecule has 0 aromatic heterocycles. The fraction of sp³-hybridized carbons (Fsp3) is 0.500. The number of nitrogens with one attached hydrogen (secondary N) is 2. The van der Waals surface area contributed by atoms with Crippen molar-refractivity contribution in [3.8, 4) is 0 Å². The van der Waals surface area contributed by atoms with Crippen LogP contribution in [0.15, 0.2) is 24.3 Å². The lowest BCUT2D eigenvalue weighted by molar-refractivity contribution is -0.121. The second-order valence-electron chi connectivity index (χ2n) is 4.91. The zero-order valence-electron chi connectivity index (χ0n) is 10.6. The van der Waals surface area contributed by atoms with Crippen LogP contribution in [0.2, 0.25) is 5.02 Å². The highest BCUT2D eigenvalue weighted by Gasteiger charge is 2.20. The van der Waals surface area contributed by atoms with Crippen LogP contribution in [0.1, 0.15) is 25.3 Å². The van der Waals surface area contributed by atoms with Gasteiger partial charge in [-0.2, -0.15) is 0 Å². The molecule has 2 atom stereocenters.